The van der Waals surface area contributed by atoms with Crippen molar-refractivity contribution in [1.82, 2.24) is 0 Å². The molecule has 1 atom stereocenters. The summed E-state index contributed by atoms with van der Waals surface area (Å²) in [5.41, 5.74) is 2.40. The highest BCUT2D eigenvalue weighted by atomic mass is 16.6. The molecule has 0 saturated carbocycles. The first-order chi connectivity index (χ1) is 12.3. The summed E-state index contributed by atoms with van der Waals surface area (Å²) in [5, 5.41) is 0. The van der Waals surface area contributed by atoms with E-state index in [0.717, 1.165) is 5.56 Å². The fraction of sp³-hybridized carbons (Fsp3) is 0.684. The van der Waals surface area contributed by atoms with Crippen LogP contribution in [0.25, 0.3) is 0 Å². The van der Waals surface area contributed by atoms with Crippen LogP contribution < -0.4 is 0 Å². The first-order valence-electron chi connectivity index (χ1n) is 8.90. The predicted octanol–water partition coefficient (Wildman–Crippen LogP) is 1.98. The lowest BCUT2D eigenvalue weighted by Gasteiger charge is -2.18. The van der Waals surface area contributed by atoms with Crippen LogP contribution >= 0.6 is 0 Å². The van der Waals surface area contributed by atoms with E-state index in [-0.39, 0.29) is 6.10 Å². The Morgan fingerprint density at radius 3 is 2.00 bits per heavy atom. The van der Waals surface area contributed by atoms with E-state index >= 15 is 0 Å². The number of hydrogen-bond acceptors (Lipinski definition) is 6. The molecule has 25 heavy (non-hydrogen) atoms. The molecule has 0 spiro atoms. The van der Waals surface area contributed by atoms with E-state index in [4.69, 9.17) is 28.4 Å². The molecule has 1 heterocycles. The molecular formula is C19H30O6. The van der Waals surface area contributed by atoms with Crippen LogP contribution in [-0.4, -0.2) is 72.2 Å². The summed E-state index contributed by atoms with van der Waals surface area (Å²) in [6, 6.07) is 8.33. The fourth-order valence-electron chi connectivity index (χ4n) is 2.29. The molecule has 6 heteroatoms. The summed E-state index contributed by atoms with van der Waals surface area (Å²) in [6.07, 6.45) is -0.115. The number of benzene rings is 1. The molecule has 0 aliphatic carbocycles. The Hall–Kier alpha value is -1.02. The zero-order valence-electron chi connectivity index (χ0n) is 15.1. The van der Waals surface area contributed by atoms with Crippen molar-refractivity contribution in [2.24, 2.45) is 0 Å². The first kappa shape index (κ1) is 20.3. The van der Waals surface area contributed by atoms with E-state index in [2.05, 4.69) is 31.2 Å². The summed E-state index contributed by atoms with van der Waals surface area (Å²) in [5.74, 6) is 0. The number of hydrogen-bond donors (Lipinski definition) is 0. The molecule has 0 N–H and O–H groups in total. The molecule has 2 rings (SSSR count). The van der Waals surface area contributed by atoms with Crippen LogP contribution in [0.4, 0.5) is 0 Å². The minimum atomic E-state index is -0.115. The summed E-state index contributed by atoms with van der Waals surface area (Å²) in [6.45, 7) is 8.03. The van der Waals surface area contributed by atoms with Gasteiger partial charge in [-0.2, -0.15) is 0 Å². The van der Waals surface area contributed by atoms with E-state index in [1.807, 2.05) is 0 Å². The molecule has 0 amide bonds. The zero-order chi connectivity index (χ0) is 17.6. The van der Waals surface area contributed by atoms with E-state index < -0.39 is 0 Å². The number of ether oxygens (including phenoxy) is 6. The van der Waals surface area contributed by atoms with Crippen LogP contribution in [0.3, 0.4) is 0 Å². The Bertz CT molecular complexity index is 420. The van der Waals surface area contributed by atoms with Crippen LogP contribution in [0.5, 0.6) is 0 Å². The van der Waals surface area contributed by atoms with Gasteiger partial charge in [0.05, 0.1) is 72.7 Å². The molecule has 1 aromatic rings. The number of aryl methyl sites for hydroxylation is 1. The smallest absolute Gasteiger partial charge is 0.104 e. The normalized spacial score (nSPS) is 22.0. The Labute approximate surface area is 150 Å². The molecular weight excluding hydrogens is 324 g/mol. The second-order valence-corrected chi connectivity index (χ2v) is 5.91. The van der Waals surface area contributed by atoms with Crippen molar-refractivity contribution in [3.63, 3.8) is 0 Å². The second-order valence-electron chi connectivity index (χ2n) is 5.91. The molecule has 1 aliphatic heterocycles. The Morgan fingerprint density at radius 1 is 0.800 bits per heavy atom. The standard InChI is InChI=1S/C19H30O6/c1-17-2-4-18(5-3-17)14-24-16-19-15-23-11-10-21-7-6-20-8-9-22-12-13-25-19/h2-5,19H,6-16H2,1H3. The van der Waals surface area contributed by atoms with Gasteiger partial charge in [0.15, 0.2) is 0 Å². The maximum absolute atomic E-state index is 5.82. The molecule has 0 aromatic heterocycles. The molecule has 1 fully saturated rings. The van der Waals surface area contributed by atoms with Crippen molar-refractivity contribution in [1.29, 1.82) is 0 Å². The fourth-order valence-corrected chi connectivity index (χ4v) is 2.29. The highest BCUT2D eigenvalue weighted by Crippen LogP contribution is 2.06. The molecule has 1 aliphatic rings. The molecule has 142 valence electrons. The third-order valence-electron chi connectivity index (χ3n) is 3.69. The average Bonchev–Trinajstić information content (AvgIpc) is 2.63. The van der Waals surface area contributed by atoms with Gasteiger partial charge in [-0.3, -0.25) is 0 Å². The van der Waals surface area contributed by atoms with Gasteiger partial charge < -0.3 is 28.4 Å². The molecule has 1 aromatic carbocycles. The van der Waals surface area contributed by atoms with E-state index in [9.17, 15) is 0 Å². The van der Waals surface area contributed by atoms with E-state index in [1.54, 1.807) is 0 Å². The highest BCUT2D eigenvalue weighted by Gasteiger charge is 2.11. The maximum atomic E-state index is 5.82. The van der Waals surface area contributed by atoms with Crippen molar-refractivity contribution < 1.29 is 28.4 Å². The summed E-state index contributed by atoms with van der Waals surface area (Å²) in [4.78, 5) is 0. The van der Waals surface area contributed by atoms with Crippen molar-refractivity contribution in [2.75, 3.05) is 66.1 Å². The Kier molecular flexibility index (Phi) is 10.7. The van der Waals surface area contributed by atoms with Gasteiger partial charge in [0.1, 0.15) is 6.10 Å². The largest absolute Gasteiger partial charge is 0.377 e. The Balaban J connectivity index is 1.69. The predicted molar refractivity (Wildman–Crippen MR) is 93.9 cm³/mol. The van der Waals surface area contributed by atoms with Gasteiger partial charge in [-0.05, 0) is 12.5 Å². The summed E-state index contributed by atoms with van der Waals surface area (Å²) >= 11 is 0. The minimum absolute atomic E-state index is 0.115. The van der Waals surface area contributed by atoms with Crippen molar-refractivity contribution >= 4 is 0 Å². The second kappa shape index (κ2) is 13.2. The number of rotatable bonds is 4. The van der Waals surface area contributed by atoms with Gasteiger partial charge in [-0.25, -0.2) is 0 Å². The lowest BCUT2D eigenvalue weighted by Crippen LogP contribution is -2.28. The van der Waals surface area contributed by atoms with Gasteiger partial charge >= 0.3 is 0 Å². The van der Waals surface area contributed by atoms with Crippen LogP contribution in [0.2, 0.25) is 0 Å². The minimum Gasteiger partial charge on any atom is -0.377 e. The van der Waals surface area contributed by atoms with Gasteiger partial charge in [0.25, 0.3) is 0 Å². The van der Waals surface area contributed by atoms with Crippen LogP contribution in [-0.2, 0) is 35.0 Å². The van der Waals surface area contributed by atoms with Gasteiger partial charge in [0.2, 0.25) is 0 Å². The van der Waals surface area contributed by atoms with Gasteiger partial charge in [-0.1, -0.05) is 29.8 Å². The van der Waals surface area contributed by atoms with Gasteiger partial charge in [0, 0.05) is 0 Å². The summed E-state index contributed by atoms with van der Waals surface area (Å²) in [7, 11) is 0. The molecule has 1 unspecified atom stereocenters. The lowest BCUT2D eigenvalue weighted by atomic mass is 10.2. The topological polar surface area (TPSA) is 55.4 Å². The SMILES string of the molecule is Cc1ccc(COCC2COCCOCCOCCOCCO2)cc1. The highest BCUT2D eigenvalue weighted by molar-refractivity contribution is 5.20. The van der Waals surface area contributed by atoms with E-state index in [0.29, 0.717) is 72.7 Å². The first-order valence-corrected chi connectivity index (χ1v) is 8.90. The van der Waals surface area contributed by atoms with Crippen LogP contribution in [0.1, 0.15) is 11.1 Å². The maximum Gasteiger partial charge on any atom is 0.104 e. The molecule has 0 bridgehead atoms. The summed E-state index contributed by atoms with van der Waals surface area (Å²) < 4.78 is 33.5. The van der Waals surface area contributed by atoms with Crippen molar-refractivity contribution in [3.8, 4) is 0 Å². The average molecular weight is 354 g/mol. The monoisotopic (exact) mass is 354 g/mol. The van der Waals surface area contributed by atoms with Crippen LogP contribution in [0, 0.1) is 6.92 Å². The molecule has 1 saturated heterocycles. The molecule has 6 nitrogen and oxygen atoms in total. The third kappa shape index (κ3) is 9.89. The van der Waals surface area contributed by atoms with Gasteiger partial charge in [-0.15, -0.1) is 0 Å². The third-order valence-corrected chi connectivity index (χ3v) is 3.69. The Morgan fingerprint density at radius 2 is 1.36 bits per heavy atom. The lowest BCUT2D eigenvalue weighted by molar-refractivity contribution is -0.0801. The van der Waals surface area contributed by atoms with E-state index in [1.165, 1.54) is 5.56 Å². The quantitative estimate of drug-likeness (QED) is 0.824. The van der Waals surface area contributed by atoms with Crippen molar-refractivity contribution in [2.45, 2.75) is 19.6 Å². The zero-order valence-corrected chi connectivity index (χ0v) is 15.1. The van der Waals surface area contributed by atoms with Crippen LogP contribution in [0.15, 0.2) is 24.3 Å². The van der Waals surface area contributed by atoms with Crippen molar-refractivity contribution in [3.05, 3.63) is 35.4 Å². The molecule has 0 radical (unpaired) electrons.